The van der Waals surface area contributed by atoms with Crippen LogP contribution in [-0.4, -0.2) is 29.0 Å². The lowest BCUT2D eigenvalue weighted by Gasteiger charge is -2.39. The number of piperidine rings is 1. The molecule has 1 spiro atoms. The lowest BCUT2D eigenvalue weighted by Crippen LogP contribution is -2.43. The van der Waals surface area contributed by atoms with Crippen LogP contribution in [0.4, 0.5) is 5.82 Å². The number of hydrogen-bond acceptors (Lipinski definition) is 5. The number of fused-ring (bicyclic) bond motifs is 2. The first kappa shape index (κ1) is 17.9. The van der Waals surface area contributed by atoms with Gasteiger partial charge in [0.1, 0.15) is 11.4 Å². The number of ether oxygens (including phenoxy) is 1. The zero-order chi connectivity index (χ0) is 19.8. The Balaban J connectivity index is 1.34. The number of aryl methyl sites for hydroxylation is 1. The standard InChI is InChI=1S/C24H23N3O2/c1-2-17-8-9-19-20(14-17)24(29-23(19)28)10-12-27(13-11-24)22-16-25-21(15-26-22)18-6-4-3-5-7-18/h3-9,14-16H,2,10-13H2,1H3. The van der Waals surface area contributed by atoms with Crippen LogP contribution in [-0.2, 0) is 16.8 Å². The predicted molar refractivity (Wildman–Crippen MR) is 112 cm³/mol. The molecule has 0 aliphatic carbocycles. The Morgan fingerprint density at radius 2 is 1.83 bits per heavy atom. The SMILES string of the molecule is CCc1ccc2c(c1)C1(CCN(c3cnc(-c4ccccc4)cn3)CC1)OC2=O. The fourth-order valence-corrected chi connectivity index (χ4v) is 4.36. The first-order valence-electron chi connectivity index (χ1n) is 10.2. The molecule has 3 heterocycles. The van der Waals surface area contributed by atoms with Crippen molar-refractivity contribution in [3.8, 4) is 11.3 Å². The Hall–Kier alpha value is -3.21. The van der Waals surface area contributed by atoms with Gasteiger partial charge < -0.3 is 9.64 Å². The van der Waals surface area contributed by atoms with Crippen molar-refractivity contribution < 1.29 is 9.53 Å². The molecule has 0 amide bonds. The number of benzene rings is 2. The van der Waals surface area contributed by atoms with Crippen LogP contribution in [0.2, 0.25) is 0 Å². The molecule has 29 heavy (non-hydrogen) atoms. The summed E-state index contributed by atoms with van der Waals surface area (Å²) in [4.78, 5) is 23.9. The van der Waals surface area contributed by atoms with E-state index in [0.29, 0.717) is 0 Å². The van der Waals surface area contributed by atoms with Gasteiger partial charge in [0.05, 0.1) is 23.7 Å². The van der Waals surface area contributed by atoms with Crippen molar-refractivity contribution in [3.63, 3.8) is 0 Å². The maximum Gasteiger partial charge on any atom is 0.339 e. The largest absolute Gasteiger partial charge is 0.450 e. The molecule has 5 rings (SSSR count). The minimum atomic E-state index is -0.495. The minimum Gasteiger partial charge on any atom is -0.450 e. The van der Waals surface area contributed by atoms with E-state index in [2.05, 4.69) is 27.9 Å². The van der Waals surface area contributed by atoms with E-state index in [9.17, 15) is 4.79 Å². The van der Waals surface area contributed by atoms with Gasteiger partial charge in [-0.25, -0.2) is 9.78 Å². The lowest BCUT2D eigenvalue weighted by molar-refractivity contribution is -0.0211. The van der Waals surface area contributed by atoms with E-state index in [-0.39, 0.29) is 5.97 Å². The van der Waals surface area contributed by atoms with E-state index in [1.54, 1.807) is 0 Å². The molecule has 5 nitrogen and oxygen atoms in total. The third-order valence-corrected chi connectivity index (χ3v) is 6.09. The second-order valence-corrected chi connectivity index (χ2v) is 7.73. The Labute approximate surface area is 170 Å². The molecule has 5 heteroatoms. The normalized spacial score (nSPS) is 17.3. The average molecular weight is 385 g/mol. The van der Waals surface area contributed by atoms with Gasteiger partial charge in [-0.1, -0.05) is 49.4 Å². The van der Waals surface area contributed by atoms with Crippen molar-refractivity contribution >= 4 is 11.8 Å². The highest BCUT2D eigenvalue weighted by molar-refractivity contribution is 5.95. The summed E-state index contributed by atoms with van der Waals surface area (Å²) in [7, 11) is 0. The van der Waals surface area contributed by atoms with Crippen molar-refractivity contribution in [2.75, 3.05) is 18.0 Å². The summed E-state index contributed by atoms with van der Waals surface area (Å²) >= 11 is 0. The van der Waals surface area contributed by atoms with Crippen LogP contribution in [0.15, 0.2) is 60.9 Å². The molecule has 0 saturated carbocycles. The highest BCUT2D eigenvalue weighted by Crippen LogP contribution is 2.45. The lowest BCUT2D eigenvalue weighted by atomic mass is 9.83. The fraction of sp³-hybridized carbons (Fsp3) is 0.292. The second-order valence-electron chi connectivity index (χ2n) is 7.73. The van der Waals surface area contributed by atoms with Gasteiger partial charge >= 0.3 is 5.97 Å². The molecule has 0 N–H and O–H groups in total. The Bertz CT molecular complexity index is 1040. The maximum atomic E-state index is 12.4. The molecule has 2 aliphatic heterocycles. The summed E-state index contributed by atoms with van der Waals surface area (Å²) in [6.45, 7) is 3.69. The van der Waals surface area contributed by atoms with Crippen molar-refractivity contribution in [1.29, 1.82) is 0 Å². The van der Waals surface area contributed by atoms with Gasteiger partial charge in [0.25, 0.3) is 0 Å². The van der Waals surface area contributed by atoms with Crippen LogP contribution in [0, 0.1) is 0 Å². The van der Waals surface area contributed by atoms with Crippen LogP contribution < -0.4 is 4.90 Å². The zero-order valence-corrected chi connectivity index (χ0v) is 16.5. The van der Waals surface area contributed by atoms with Crippen molar-refractivity contribution in [1.82, 2.24) is 9.97 Å². The first-order chi connectivity index (χ1) is 14.2. The van der Waals surface area contributed by atoms with E-state index in [0.717, 1.165) is 60.6 Å². The van der Waals surface area contributed by atoms with Gasteiger partial charge in [0.2, 0.25) is 0 Å². The van der Waals surface area contributed by atoms with Gasteiger partial charge in [0.15, 0.2) is 0 Å². The van der Waals surface area contributed by atoms with E-state index >= 15 is 0 Å². The van der Waals surface area contributed by atoms with Gasteiger partial charge in [-0.15, -0.1) is 0 Å². The molecule has 2 aliphatic rings. The number of carbonyl (C=O) groups is 1. The van der Waals surface area contributed by atoms with Crippen molar-refractivity contribution in [2.24, 2.45) is 0 Å². The predicted octanol–water partition coefficient (Wildman–Crippen LogP) is 4.37. The topological polar surface area (TPSA) is 55.3 Å². The molecule has 3 aromatic rings. The second kappa shape index (κ2) is 6.99. The highest BCUT2D eigenvalue weighted by atomic mass is 16.6. The number of anilines is 1. The van der Waals surface area contributed by atoms with E-state index in [1.807, 2.05) is 54.9 Å². The average Bonchev–Trinajstić information content (AvgIpc) is 3.05. The molecule has 0 unspecified atom stereocenters. The fourth-order valence-electron chi connectivity index (χ4n) is 4.36. The molecular weight excluding hydrogens is 362 g/mol. The minimum absolute atomic E-state index is 0.192. The zero-order valence-electron chi connectivity index (χ0n) is 16.5. The van der Waals surface area contributed by atoms with Crippen LogP contribution in [0.5, 0.6) is 0 Å². The monoisotopic (exact) mass is 385 g/mol. The van der Waals surface area contributed by atoms with Crippen LogP contribution >= 0.6 is 0 Å². The summed E-state index contributed by atoms with van der Waals surface area (Å²) in [6, 6.07) is 16.2. The number of carbonyl (C=O) groups excluding carboxylic acids is 1. The Morgan fingerprint density at radius 3 is 2.52 bits per heavy atom. The Kier molecular flexibility index (Phi) is 4.31. The van der Waals surface area contributed by atoms with E-state index in [4.69, 9.17) is 4.74 Å². The number of aromatic nitrogens is 2. The van der Waals surface area contributed by atoms with Gasteiger partial charge in [0, 0.05) is 37.1 Å². The van der Waals surface area contributed by atoms with Crippen molar-refractivity contribution in [3.05, 3.63) is 77.6 Å². The van der Waals surface area contributed by atoms with E-state index < -0.39 is 5.60 Å². The highest BCUT2D eigenvalue weighted by Gasteiger charge is 2.47. The van der Waals surface area contributed by atoms with Crippen LogP contribution in [0.1, 0.15) is 41.3 Å². The summed E-state index contributed by atoms with van der Waals surface area (Å²) in [5.41, 5.74) is 4.46. The maximum absolute atomic E-state index is 12.4. The van der Waals surface area contributed by atoms with Gasteiger partial charge in [-0.05, 0) is 18.1 Å². The number of hydrogen-bond donors (Lipinski definition) is 0. The summed E-state index contributed by atoms with van der Waals surface area (Å²) in [6.07, 6.45) is 6.15. The molecule has 0 radical (unpaired) electrons. The van der Waals surface area contributed by atoms with Gasteiger partial charge in [-0.2, -0.15) is 0 Å². The number of rotatable bonds is 3. The summed E-state index contributed by atoms with van der Waals surface area (Å²) in [5.74, 6) is 0.675. The molecule has 1 fully saturated rings. The molecule has 0 atom stereocenters. The quantitative estimate of drug-likeness (QED) is 0.627. The summed E-state index contributed by atoms with van der Waals surface area (Å²) < 4.78 is 5.92. The van der Waals surface area contributed by atoms with E-state index in [1.165, 1.54) is 5.56 Å². The van der Waals surface area contributed by atoms with Crippen LogP contribution in [0.25, 0.3) is 11.3 Å². The van der Waals surface area contributed by atoms with Crippen molar-refractivity contribution in [2.45, 2.75) is 31.8 Å². The Morgan fingerprint density at radius 1 is 1.03 bits per heavy atom. The number of nitrogens with zero attached hydrogens (tertiary/aromatic N) is 3. The first-order valence-corrected chi connectivity index (χ1v) is 10.2. The molecule has 146 valence electrons. The third-order valence-electron chi connectivity index (χ3n) is 6.09. The molecule has 1 saturated heterocycles. The van der Waals surface area contributed by atoms with Crippen LogP contribution in [0.3, 0.4) is 0 Å². The third kappa shape index (κ3) is 3.07. The number of esters is 1. The molecule has 2 aromatic carbocycles. The molecular formula is C24H23N3O2. The van der Waals surface area contributed by atoms with Gasteiger partial charge in [-0.3, -0.25) is 4.98 Å². The summed E-state index contributed by atoms with van der Waals surface area (Å²) in [5, 5.41) is 0. The molecule has 0 bridgehead atoms. The molecule has 1 aromatic heterocycles. The smallest absolute Gasteiger partial charge is 0.339 e.